The molecule has 6 heteroatoms. The van der Waals surface area contributed by atoms with Crippen LogP contribution in [-0.2, 0) is 0 Å². The van der Waals surface area contributed by atoms with Crippen LogP contribution in [0.25, 0.3) is 11.4 Å². The molecule has 0 saturated carbocycles. The van der Waals surface area contributed by atoms with Crippen molar-refractivity contribution >= 4 is 11.6 Å². The summed E-state index contributed by atoms with van der Waals surface area (Å²) in [6.07, 6.45) is 3.42. The lowest BCUT2D eigenvalue weighted by molar-refractivity contribution is 0.222. The third-order valence-electron chi connectivity index (χ3n) is 2.06. The summed E-state index contributed by atoms with van der Waals surface area (Å²) in [7, 11) is 0. The number of ether oxygens (including phenoxy) is 1. The first kappa shape index (κ1) is 12.7. The van der Waals surface area contributed by atoms with Gasteiger partial charge in [-0.3, -0.25) is 4.98 Å². The van der Waals surface area contributed by atoms with Crippen molar-refractivity contribution in [2.75, 3.05) is 0 Å². The molecule has 0 aliphatic carbocycles. The first-order valence-corrected chi connectivity index (χ1v) is 5.92. The SMILES string of the molecule is Cc1cncc(-c2nc(Cl)nc(OC(C)C)n2)c1. The summed E-state index contributed by atoms with van der Waals surface area (Å²) in [5, 5.41) is 0.108. The molecule has 2 rings (SSSR count). The molecule has 0 atom stereocenters. The predicted molar refractivity (Wildman–Crippen MR) is 68.6 cm³/mol. The molecule has 0 radical (unpaired) electrons. The van der Waals surface area contributed by atoms with Gasteiger partial charge in [0, 0.05) is 18.0 Å². The van der Waals surface area contributed by atoms with E-state index in [1.807, 2.05) is 26.8 Å². The summed E-state index contributed by atoms with van der Waals surface area (Å²) >= 11 is 5.86. The Hall–Kier alpha value is -1.75. The molecule has 0 aromatic carbocycles. The Morgan fingerprint density at radius 1 is 1.17 bits per heavy atom. The van der Waals surface area contributed by atoms with E-state index in [0.29, 0.717) is 5.82 Å². The Balaban J connectivity index is 2.41. The lowest BCUT2D eigenvalue weighted by atomic mass is 10.2. The Kier molecular flexibility index (Phi) is 3.72. The minimum atomic E-state index is -0.0213. The molecule has 18 heavy (non-hydrogen) atoms. The highest BCUT2D eigenvalue weighted by Crippen LogP contribution is 2.19. The number of halogens is 1. The molecule has 0 amide bonds. The van der Waals surface area contributed by atoms with Gasteiger partial charge in [0.25, 0.3) is 0 Å². The molecular weight excluding hydrogens is 252 g/mol. The van der Waals surface area contributed by atoms with Gasteiger partial charge in [0.05, 0.1) is 6.10 Å². The van der Waals surface area contributed by atoms with Crippen LogP contribution in [0.3, 0.4) is 0 Å². The third-order valence-corrected chi connectivity index (χ3v) is 2.23. The van der Waals surface area contributed by atoms with E-state index in [1.54, 1.807) is 12.4 Å². The van der Waals surface area contributed by atoms with Crippen molar-refractivity contribution in [1.82, 2.24) is 19.9 Å². The lowest BCUT2D eigenvalue weighted by Gasteiger charge is -2.08. The van der Waals surface area contributed by atoms with E-state index in [-0.39, 0.29) is 17.4 Å². The van der Waals surface area contributed by atoms with E-state index in [9.17, 15) is 0 Å². The van der Waals surface area contributed by atoms with Gasteiger partial charge in [-0.05, 0) is 44.0 Å². The minimum absolute atomic E-state index is 0.0213. The summed E-state index contributed by atoms with van der Waals surface area (Å²) in [6, 6.07) is 2.15. The molecule has 2 heterocycles. The van der Waals surface area contributed by atoms with Crippen molar-refractivity contribution in [1.29, 1.82) is 0 Å². The van der Waals surface area contributed by atoms with Gasteiger partial charge in [-0.15, -0.1) is 0 Å². The molecule has 0 spiro atoms. The van der Waals surface area contributed by atoms with Crippen molar-refractivity contribution in [3.63, 3.8) is 0 Å². The highest BCUT2D eigenvalue weighted by atomic mass is 35.5. The Morgan fingerprint density at radius 2 is 1.94 bits per heavy atom. The second kappa shape index (κ2) is 5.27. The molecule has 0 aliphatic heterocycles. The van der Waals surface area contributed by atoms with Crippen molar-refractivity contribution in [2.24, 2.45) is 0 Å². The highest BCUT2D eigenvalue weighted by Gasteiger charge is 2.09. The van der Waals surface area contributed by atoms with E-state index < -0.39 is 0 Å². The summed E-state index contributed by atoms with van der Waals surface area (Å²) < 4.78 is 5.42. The molecular formula is C12H13ClN4O. The quantitative estimate of drug-likeness (QED) is 0.853. The fourth-order valence-electron chi connectivity index (χ4n) is 1.40. The lowest BCUT2D eigenvalue weighted by Crippen LogP contribution is -2.09. The summed E-state index contributed by atoms with van der Waals surface area (Å²) in [5.41, 5.74) is 1.81. The molecule has 5 nitrogen and oxygen atoms in total. The first-order valence-electron chi connectivity index (χ1n) is 5.55. The number of pyridine rings is 1. The van der Waals surface area contributed by atoms with Crippen LogP contribution >= 0.6 is 11.6 Å². The topological polar surface area (TPSA) is 60.8 Å². The molecule has 0 saturated heterocycles. The molecule has 2 aromatic heterocycles. The van der Waals surface area contributed by atoms with Gasteiger partial charge in [-0.2, -0.15) is 15.0 Å². The smallest absolute Gasteiger partial charge is 0.321 e. The maximum Gasteiger partial charge on any atom is 0.321 e. The van der Waals surface area contributed by atoms with E-state index in [1.165, 1.54) is 0 Å². The molecule has 0 fully saturated rings. The largest absolute Gasteiger partial charge is 0.461 e. The Morgan fingerprint density at radius 3 is 2.61 bits per heavy atom. The molecule has 0 unspecified atom stereocenters. The van der Waals surface area contributed by atoms with Gasteiger partial charge in [0.15, 0.2) is 5.82 Å². The van der Waals surface area contributed by atoms with Crippen LogP contribution in [0, 0.1) is 6.92 Å². The van der Waals surface area contributed by atoms with Crippen LogP contribution in [0.1, 0.15) is 19.4 Å². The average Bonchev–Trinajstić information content (AvgIpc) is 2.27. The standard InChI is InChI=1S/C12H13ClN4O/c1-7(2)18-12-16-10(15-11(13)17-12)9-4-8(3)5-14-6-9/h4-7H,1-3H3. The number of hydrogen-bond acceptors (Lipinski definition) is 5. The number of aryl methyl sites for hydroxylation is 1. The second-order valence-electron chi connectivity index (χ2n) is 4.13. The number of hydrogen-bond donors (Lipinski definition) is 0. The number of nitrogens with zero attached hydrogens (tertiary/aromatic N) is 4. The summed E-state index contributed by atoms with van der Waals surface area (Å²) in [4.78, 5) is 16.3. The molecule has 0 bridgehead atoms. The molecule has 0 aliphatic rings. The third kappa shape index (κ3) is 3.13. The van der Waals surface area contributed by atoms with Gasteiger partial charge in [0.1, 0.15) is 0 Å². The van der Waals surface area contributed by atoms with E-state index in [0.717, 1.165) is 11.1 Å². The van der Waals surface area contributed by atoms with Gasteiger partial charge in [-0.25, -0.2) is 0 Å². The van der Waals surface area contributed by atoms with Crippen LogP contribution < -0.4 is 4.74 Å². The van der Waals surface area contributed by atoms with Crippen LogP contribution in [0.4, 0.5) is 0 Å². The number of rotatable bonds is 3. The zero-order valence-electron chi connectivity index (χ0n) is 10.4. The van der Waals surface area contributed by atoms with E-state index in [2.05, 4.69) is 19.9 Å². The molecule has 94 valence electrons. The zero-order chi connectivity index (χ0) is 13.1. The van der Waals surface area contributed by atoms with Crippen LogP contribution in [-0.4, -0.2) is 26.0 Å². The Bertz CT molecular complexity index is 560. The van der Waals surface area contributed by atoms with Crippen LogP contribution in [0.2, 0.25) is 5.28 Å². The maximum atomic E-state index is 5.86. The maximum absolute atomic E-state index is 5.86. The van der Waals surface area contributed by atoms with Gasteiger partial charge < -0.3 is 4.74 Å². The second-order valence-corrected chi connectivity index (χ2v) is 4.47. The van der Waals surface area contributed by atoms with Crippen molar-refractivity contribution in [3.8, 4) is 17.4 Å². The summed E-state index contributed by atoms with van der Waals surface area (Å²) in [6.45, 7) is 5.74. The number of aromatic nitrogens is 4. The first-order chi connectivity index (χ1) is 8.54. The predicted octanol–water partition coefficient (Wildman–Crippen LogP) is 2.68. The normalized spacial score (nSPS) is 10.7. The van der Waals surface area contributed by atoms with Crippen LogP contribution in [0.15, 0.2) is 18.5 Å². The monoisotopic (exact) mass is 264 g/mol. The van der Waals surface area contributed by atoms with Crippen molar-refractivity contribution in [2.45, 2.75) is 26.9 Å². The highest BCUT2D eigenvalue weighted by molar-refractivity contribution is 6.28. The molecule has 0 N–H and O–H groups in total. The summed E-state index contributed by atoms with van der Waals surface area (Å²) in [5.74, 6) is 0.460. The van der Waals surface area contributed by atoms with Gasteiger partial charge in [-0.1, -0.05) is 0 Å². The van der Waals surface area contributed by atoms with Gasteiger partial charge >= 0.3 is 6.01 Å². The van der Waals surface area contributed by atoms with Crippen molar-refractivity contribution < 1.29 is 4.74 Å². The fraction of sp³-hybridized carbons (Fsp3) is 0.333. The zero-order valence-corrected chi connectivity index (χ0v) is 11.1. The molecule has 2 aromatic rings. The van der Waals surface area contributed by atoms with Crippen molar-refractivity contribution in [3.05, 3.63) is 29.3 Å². The fourth-order valence-corrected chi connectivity index (χ4v) is 1.55. The van der Waals surface area contributed by atoms with E-state index >= 15 is 0 Å². The van der Waals surface area contributed by atoms with Gasteiger partial charge in [0.2, 0.25) is 5.28 Å². The average molecular weight is 265 g/mol. The van der Waals surface area contributed by atoms with Crippen LogP contribution in [0.5, 0.6) is 6.01 Å². The van der Waals surface area contributed by atoms with E-state index in [4.69, 9.17) is 16.3 Å². The minimum Gasteiger partial charge on any atom is -0.461 e. The Labute approximate surface area is 110 Å².